The number of hydrogen-bond donors (Lipinski definition) is 1. The average molecular weight is 274 g/mol. The third kappa shape index (κ3) is 3.40. The predicted octanol–water partition coefficient (Wildman–Crippen LogP) is 2.60. The van der Waals surface area contributed by atoms with Crippen molar-refractivity contribution in [3.8, 4) is 0 Å². The van der Waals surface area contributed by atoms with Crippen LogP contribution in [0, 0.1) is 5.92 Å². The molecule has 110 valence electrons. The highest BCUT2D eigenvalue weighted by atomic mass is 16.2. The first-order valence-electron chi connectivity index (χ1n) is 7.74. The van der Waals surface area contributed by atoms with Crippen LogP contribution in [-0.2, 0) is 17.8 Å². The maximum atomic E-state index is 12.7. The van der Waals surface area contributed by atoms with Crippen molar-refractivity contribution in [1.82, 2.24) is 10.2 Å². The molecular formula is C17H26N2O. The van der Waals surface area contributed by atoms with Gasteiger partial charge in [0.15, 0.2) is 0 Å². The number of carbonyl (C=O) groups is 1. The molecule has 2 rings (SSSR count). The lowest BCUT2D eigenvalue weighted by molar-refractivity contribution is -0.134. The molecule has 1 aliphatic heterocycles. The molecule has 0 spiro atoms. The van der Waals surface area contributed by atoms with E-state index in [1.54, 1.807) is 0 Å². The van der Waals surface area contributed by atoms with E-state index in [1.165, 1.54) is 11.1 Å². The highest BCUT2D eigenvalue weighted by Gasteiger charge is 2.27. The van der Waals surface area contributed by atoms with Crippen LogP contribution in [0.2, 0.25) is 0 Å². The number of likely N-dealkylation sites (N-methyl/N-ethyl adjacent to an activating group) is 1. The summed E-state index contributed by atoms with van der Waals surface area (Å²) in [7, 11) is 0. The Morgan fingerprint density at radius 2 is 2.05 bits per heavy atom. The molecule has 0 aliphatic carbocycles. The maximum Gasteiger partial charge on any atom is 0.240 e. The highest BCUT2D eigenvalue weighted by molar-refractivity contribution is 5.82. The fourth-order valence-corrected chi connectivity index (χ4v) is 2.73. The fourth-order valence-electron chi connectivity index (χ4n) is 2.73. The smallest absolute Gasteiger partial charge is 0.240 e. The molecule has 1 N–H and O–H groups in total. The van der Waals surface area contributed by atoms with E-state index in [1.807, 2.05) is 4.90 Å². The lowest BCUT2D eigenvalue weighted by atomic mass is 9.95. The molecule has 0 aromatic heterocycles. The molecule has 0 radical (unpaired) electrons. The van der Waals surface area contributed by atoms with Crippen molar-refractivity contribution in [3.05, 3.63) is 35.4 Å². The van der Waals surface area contributed by atoms with Gasteiger partial charge in [0.1, 0.15) is 0 Å². The van der Waals surface area contributed by atoms with Crippen LogP contribution in [0.1, 0.15) is 38.3 Å². The van der Waals surface area contributed by atoms with E-state index in [9.17, 15) is 4.79 Å². The van der Waals surface area contributed by atoms with Crippen LogP contribution < -0.4 is 5.32 Å². The number of nitrogens with one attached hydrogen (secondary N) is 1. The second-order valence-electron chi connectivity index (χ2n) is 5.80. The highest BCUT2D eigenvalue weighted by Crippen LogP contribution is 2.18. The molecule has 3 heteroatoms. The van der Waals surface area contributed by atoms with Crippen LogP contribution in [-0.4, -0.2) is 29.9 Å². The average Bonchev–Trinajstić information content (AvgIpc) is 2.51. The first-order valence-corrected chi connectivity index (χ1v) is 7.74. The number of carbonyl (C=O) groups excluding carboxylic acids is 1. The van der Waals surface area contributed by atoms with Gasteiger partial charge in [-0.25, -0.2) is 0 Å². The largest absolute Gasteiger partial charge is 0.341 e. The van der Waals surface area contributed by atoms with Gasteiger partial charge in [-0.05, 0) is 30.4 Å². The van der Waals surface area contributed by atoms with Crippen LogP contribution in [0.3, 0.4) is 0 Å². The van der Waals surface area contributed by atoms with Crippen LogP contribution >= 0.6 is 0 Å². The van der Waals surface area contributed by atoms with Gasteiger partial charge < -0.3 is 10.2 Å². The summed E-state index contributed by atoms with van der Waals surface area (Å²) in [4.78, 5) is 14.7. The minimum Gasteiger partial charge on any atom is -0.341 e. The summed E-state index contributed by atoms with van der Waals surface area (Å²) in [6.45, 7) is 8.91. The lowest BCUT2D eigenvalue weighted by Crippen LogP contribution is -2.50. The molecular weight excluding hydrogens is 248 g/mol. The van der Waals surface area contributed by atoms with Gasteiger partial charge in [-0.15, -0.1) is 0 Å². The number of fused-ring (bicyclic) bond motifs is 1. The molecule has 1 aliphatic rings. The first-order chi connectivity index (χ1) is 9.65. The molecule has 0 bridgehead atoms. The van der Waals surface area contributed by atoms with E-state index < -0.39 is 0 Å². The summed E-state index contributed by atoms with van der Waals surface area (Å²) in [6, 6.07) is 8.34. The minimum absolute atomic E-state index is 0.0612. The van der Waals surface area contributed by atoms with Gasteiger partial charge in [0.25, 0.3) is 0 Å². The number of hydrogen-bond acceptors (Lipinski definition) is 2. The van der Waals surface area contributed by atoms with Crippen molar-refractivity contribution < 1.29 is 4.79 Å². The standard InChI is InChI=1S/C17H26N2O/c1-4-13(3)12-19(5-2)17(20)16-10-14-8-6-7-9-15(14)11-18-16/h6-9,13,16,18H,4-5,10-12H2,1-3H3/t13?,16-/m1/s1. The number of benzene rings is 1. The van der Waals surface area contributed by atoms with Gasteiger partial charge in [-0.3, -0.25) is 4.79 Å². The van der Waals surface area contributed by atoms with E-state index in [2.05, 4.69) is 50.4 Å². The molecule has 0 fully saturated rings. The zero-order valence-electron chi connectivity index (χ0n) is 12.9. The third-order valence-electron chi connectivity index (χ3n) is 4.30. The topological polar surface area (TPSA) is 32.3 Å². The van der Waals surface area contributed by atoms with Crippen LogP contribution in [0.15, 0.2) is 24.3 Å². The van der Waals surface area contributed by atoms with Gasteiger partial charge in [0.05, 0.1) is 6.04 Å². The molecule has 1 amide bonds. The summed E-state index contributed by atoms with van der Waals surface area (Å²) < 4.78 is 0. The van der Waals surface area contributed by atoms with Gasteiger partial charge in [0.2, 0.25) is 5.91 Å². The molecule has 0 saturated carbocycles. The maximum absolute atomic E-state index is 12.7. The van der Waals surface area contributed by atoms with E-state index in [4.69, 9.17) is 0 Å². The molecule has 1 aromatic rings. The Bertz CT molecular complexity index is 458. The summed E-state index contributed by atoms with van der Waals surface area (Å²) in [5.74, 6) is 0.817. The second kappa shape index (κ2) is 6.89. The zero-order chi connectivity index (χ0) is 14.5. The van der Waals surface area contributed by atoms with Crippen molar-refractivity contribution in [2.75, 3.05) is 13.1 Å². The summed E-state index contributed by atoms with van der Waals surface area (Å²) >= 11 is 0. The molecule has 1 unspecified atom stereocenters. The number of nitrogens with zero attached hydrogens (tertiary/aromatic N) is 1. The van der Waals surface area contributed by atoms with Gasteiger partial charge in [-0.1, -0.05) is 44.5 Å². The van der Waals surface area contributed by atoms with Crippen molar-refractivity contribution in [3.63, 3.8) is 0 Å². The van der Waals surface area contributed by atoms with E-state index in [0.717, 1.165) is 32.5 Å². The number of amides is 1. The Labute approximate surface area is 122 Å². The van der Waals surface area contributed by atoms with Crippen LogP contribution in [0.25, 0.3) is 0 Å². The van der Waals surface area contributed by atoms with E-state index in [0.29, 0.717) is 5.92 Å². The van der Waals surface area contributed by atoms with Gasteiger partial charge in [0, 0.05) is 19.6 Å². The molecule has 3 nitrogen and oxygen atoms in total. The molecule has 20 heavy (non-hydrogen) atoms. The monoisotopic (exact) mass is 274 g/mol. The van der Waals surface area contributed by atoms with Crippen molar-refractivity contribution in [2.45, 2.75) is 46.2 Å². The van der Waals surface area contributed by atoms with E-state index in [-0.39, 0.29) is 11.9 Å². The third-order valence-corrected chi connectivity index (χ3v) is 4.30. The van der Waals surface area contributed by atoms with Crippen molar-refractivity contribution in [2.24, 2.45) is 5.92 Å². The molecule has 1 aromatic carbocycles. The SMILES string of the molecule is CCC(C)CN(CC)C(=O)[C@H]1Cc2ccccc2CN1. The molecule has 1 heterocycles. The predicted molar refractivity (Wildman–Crippen MR) is 82.5 cm³/mol. The first kappa shape index (κ1) is 15.0. The molecule has 0 saturated heterocycles. The number of rotatable bonds is 5. The Morgan fingerprint density at radius 3 is 2.70 bits per heavy atom. The quantitative estimate of drug-likeness (QED) is 0.895. The van der Waals surface area contributed by atoms with Crippen LogP contribution in [0.5, 0.6) is 0 Å². The zero-order valence-corrected chi connectivity index (χ0v) is 12.9. The molecule has 2 atom stereocenters. The normalized spacial score (nSPS) is 19.2. The fraction of sp³-hybridized carbons (Fsp3) is 0.588. The Balaban J connectivity index is 2.03. The minimum atomic E-state index is -0.0612. The van der Waals surface area contributed by atoms with Gasteiger partial charge >= 0.3 is 0 Å². The lowest BCUT2D eigenvalue weighted by Gasteiger charge is -2.31. The van der Waals surface area contributed by atoms with Crippen molar-refractivity contribution in [1.29, 1.82) is 0 Å². The summed E-state index contributed by atoms with van der Waals surface area (Å²) in [6.07, 6.45) is 1.93. The van der Waals surface area contributed by atoms with Gasteiger partial charge in [-0.2, -0.15) is 0 Å². The van der Waals surface area contributed by atoms with E-state index >= 15 is 0 Å². The van der Waals surface area contributed by atoms with Crippen LogP contribution in [0.4, 0.5) is 0 Å². The Hall–Kier alpha value is -1.35. The second-order valence-corrected chi connectivity index (χ2v) is 5.80. The summed E-state index contributed by atoms with van der Waals surface area (Å²) in [5.41, 5.74) is 2.63. The van der Waals surface area contributed by atoms with Crippen molar-refractivity contribution >= 4 is 5.91 Å². The summed E-state index contributed by atoms with van der Waals surface area (Å²) in [5, 5.41) is 3.39. The Morgan fingerprint density at radius 1 is 1.35 bits per heavy atom. The Kier molecular flexibility index (Phi) is 5.18.